The minimum absolute atomic E-state index is 0.442. The van der Waals surface area contributed by atoms with Gasteiger partial charge >= 0.3 is 0 Å². The van der Waals surface area contributed by atoms with Gasteiger partial charge in [0.2, 0.25) is 0 Å². The van der Waals surface area contributed by atoms with Crippen molar-refractivity contribution in [3.05, 3.63) is 11.6 Å². The third-order valence-electron chi connectivity index (χ3n) is 1.65. The molecule has 3 N–H and O–H groups in total. The van der Waals surface area contributed by atoms with Gasteiger partial charge in [-0.05, 0) is 25.4 Å². The molecule has 0 atom stereocenters. The van der Waals surface area contributed by atoms with Crippen LogP contribution in [0.4, 0.5) is 10.8 Å². The number of methoxy groups -OCH3 is 1. The van der Waals surface area contributed by atoms with Crippen molar-refractivity contribution >= 4 is 22.4 Å². The number of hydrogen-bond donors (Lipinski definition) is 2. The molecule has 0 aliphatic heterocycles. The second-order valence-corrected chi connectivity index (χ2v) is 3.87. The Bertz CT molecular complexity index is 329. The number of anilines is 2. The summed E-state index contributed by atoms with van der Waals surface area (Å²) in [7, 11) is 1.59. The van der Waals surface area contributed by atoms with Gasteiger partial charge in [-0.1, -0.05) is 11.6 Å². The number of ether oxygens (including phenoxy) is 1. The monoisotopic (exact) mass is 213 g/mol. The smallest absolute Gasteiger partial charge is 0.197 e. The summed E-state index contributed by atoms with van der Waals surface area (Å²) >= 11 is 1.31. The maximum Gasteiger partial charge on any atom is 0.197 e. The SMILES string of the molecule is COc1c(N)nsc1NCC=C(C)C. The predicted octanol–water partition coefficient (Wildman–Crippen LogP) is 2.11. The van der Waals surface area contributed by atoms with Crippen molar-refractivity contribution in [2.45, 2.75) is 13.8 Å². The molecule has 0 aliphatic rings. The number of hydrogen-bond acceptors (Lipinski definition) is 5. The fourth-order valence-corrected chi connectivity index (χ4v) is 1.64. The van der Waals surface area contributed by atoms with E-state index in [2.05, 4.69) is 29.6 Å². The Morgan fingerprint density at radius 2 is 2.36 bits per heavy atom. The van der Waals surface area contributed by atoms with Crippen LogP contribution in [0.2, 0.25) is 0 Å². The molecule has 0 bridgehead atoms. The average Bonchev–Trinajstić information content (AvgIpc) is 2.46. The van der Waals surface area contributed by atoms with E-state index >= 15 is 0 Å². The predicted molar refractivity (Wildman–Crippen MR) is 61.0 cm³/mol. The topological polar surface area (TPSA) is 60.2 Å². The lowest BCUT2D eigenvalue weighted by molar-refractivity contribution is 0.419. The number of nitrogens with one attached hydrogen (secondary N) is 1. The summed E-state index contributed by atoms with van der Waals surface area (Å²) in [5.41, 5.74) is 6.87. The van der Waals surface area contributed by atoms with Crippen LogP contribution in [-0.2, 0) is 0 Å². The van der Waals surface area contributed by atoms with Gasteiger partial charge in [0.05, 0.1) is 7.11 Å². The average molecular weight is 213 g/mol. The normalized spacial score (nSPS) is 9.64. The highest BCUT2D eigenvalue weighted by atomic mass is 32.1. The lowest BCUT2D eigenvalue weighted by Gasteiger charge is -2.03. The van der Waals surface area contributed by atoms with Crippen LogP contribution in [0.25, 0.3) is 0 Å². The van der Waals surface area contributed by atoms with E-state index in [0.717, 1.165) is 11.5 Å². The van der Waals surface area contributed by atoms with E-state index in [1.807, 2.05) is 0 Å². The maximum absolute atomic E-state index is 5.60. The third-order valence-corrected chi connectivity index (χ3v) is 2.45. The molecule has 78 valence electrons. The van der Waals surface area contributed by atoms with Crippen LogP contribution in [-0.4, -0.2) is 18.0 Å². The molecule has 1 heterocycles. The van der Waals surface area contributed by atoms with Crippen molar-refractivity contribution in [1.82, 2.24) is 4.37 Å². The van der Waals surface area contributed by atoms with E-state index in [4.69, 9.17) is 10.5 Å². The Morgan fingerprint density at radius 3 is 2.93 bits per heavy atom. The first-order valence-corrected chi connectivity index (χ1v) is 5.09. The van der Waals surface area contributed by atoms with Crippen molar-refractivity contribution in [1.29, 1.82) is 0 Å². The Morgan fingerprint density at radius 1 is 1.64 bits per heavy atom. The zero-order valence-corrected chi connectivity index (χ0v) is 9.44. The fourth-order valence-electron chi connectivity index (χ4n) is 0.952. The van der Waals surface area contributed by atoms with Crippen molar-refractivity contribution < 1.29 is 4.74 Å². The van der Waals surface area contributed by atoms with Crippen LogP contribution in [0.5, 0.6) is 5.75 Å². The molecule has 0 aromatic carbocycles. The molecule has 1 aromatic rings. The first-order valence-electron chi connectivity index (χ1n) is 4.31. The molecule has 4 nitrogen and oxygen atoms in total. The van der Waals surface area contributed by atoms with Crippen LogP contribution in [0.15, 0.2) is 11.6 Å². The molecule has 0 spiro atoms. The molecule has 0 amide bonds. The Labute approximate surface area is 87.9 Å². The van der Waals surface area contributed by atoms with Gasteiger partial charge in [0.1, 0.15) is 0 Å². The van der Waals surface area contributed by atoms with Crippen LogP contribution in [0.3, 0.4) is 0 Å². The highest BCUT2D eigenvalue weighted by Gasteiger charge is 2.10. The number of rotatable bonds is 4. The molecule has 0 fully saturated rings. The molecule has 1 rings (SSSR count). The molecule has 0 saturated carbocycles. The number of aromatic nitrogens is 1. The van der Waals surface area contributed by atoms with Gasteiger partial charge in [-0.25, -0.2) is 0 Å². The van der Waals surface area contributed by atoms with E-state index in [1.54, 1.807) is 7.11 Å². The highest BCUT2D eigenvalue weighted by Crippen LogP contribution is 2.34. The van der Waals surface area contributed by atoms with E-state index in [0.29, 0.717) is 11.6 Å². The van der Waals surface area contributed by atoms with Crippen molar-refractivity contribution in [3.63, 3.8) is 0 Å². The quantitative estimate of drug-likeness (QED) is 0.752. The van der Waals surface area contributed by atoms with E-state index in [9.17, 15) is 0 Å². The van der Waals surface area contributed by atoms with Crippen molar-refractivity contribution in [2.75, 3.05) is 24.7 Å². The zero-order valence-electron chi connectivity index (χ0n) is 8.63. The molecule has 5 heteroatoms. The molecule has 0 unspecified atom stereocenters. The fraction of sp³-hybridized carbons (Fsp3) is 0.444. The summed E-state index contributed by atoms with van der Waals surface area (Å²) < 4.78 is 9.11. The summed E-state index contributed by atoms with van der Waals surface area (Å²) in [6.45, 7) is 4.88. The van der Waals surface area contributed by atoms with Crippen LogP contribution < -0.4 is 15.8 Å². The molecule has 0 saturated heterocycles. The zero-order chi connectivity index (χ0) is 10.6. The first-order chi connectivity index (χ1) is 6.65. The van der Waals surface area contributed by atoms with Gasteiger partial charge in [-0.15, -0.1) is 0 Å². The molecule has 14 heavy (non-hydrogen) atoms. The first kappa shape index (κ1) is 10.8. The highest BCUT2D eigenvalue weighted by molar-refractivity contribution is 7.11. The number of allylic oxidation sites excluding steroid dienone is 1. The second-order valence-electron chi connectivity index (χ2n) is 3.09. The molecule has 1 aromatic heterocycles. The van der Waals surface area contributed by atoms with Gasteiger partial charge in [0.15, 0.2) is 16.6 Å². The Balaban J connectivity index is 2.63. The lowest BCUT2D eigenvalue weighted by atomic mass is 10.3. The maximum atomic E-state index is 5.60. The summed E-state index contributed by atoms with van der Waals surface area (Å²) in [5.74, 6) is 1.08. The Hall–Kier alpha value is -1.23. The van der Waals surface area contributed by atoms with Gasteiger partial charge in [0, 0.05) is 6.54 Å². The van der Waals surface area contributed by atoms with Crippen LogP contribution in [0, 0.1) is 0 Å². The summed E-state index contributed by atoms with van der Waals surface area (Å²) in [6, 6.07) is 0. The molecule has 0 radical (unpaired) electrons. The number of nitrogens with zero attached hydrogens (tertiary/aromatic N) is 1. The molecular formula is C9H15N3OS. The van der Waals surface area contributed by atoms with Crippen LogP contribution in [0.1, 0.15) is 13.8 Å². The standard InChI is InChI=1S/C9H15N3OS/c1-6(2)4-5-11-9-7(13-3)8(10)12-14-9/h4,11H,5H2,1-3H3,(H2,10,12). The summed E-state index contributed by atoms with van der Waals surface area (Å²) in [4.78, 5) is 0. The summed E-state index contributed by atoms with van der Waals surface area (Å²) in [6.07, 6.45) is 2.09. The van der Waals surface area contributed by atoms with E-state index in [1.165, 1.54) is 17.1 Å². The van der Waals surface area contributed by atoms with E-state index in [-0.39, 0.29) is 0 Å². The lowest BCUT2D eigenvalue weighted by Crippen LogP contribution is -1.99. The molecule has 0 aliphatic carbocycles. The Kier molecular flexibility index (Phi) is 3.76. The minimum atomic E-state index is 0.442. The van der Waals surface area contributed by atoms with E-state index < -0.39 is 0 Å². The third kappa shape index (κ3) is 2.63. The largest absolute Gasteiger partial charge is 0.490 e. The van der Waals surface area contributed by atoms with Crippen molar-refractivity contribution in [3.8, 4) is 5.75 Å². The second kappa shape index (κ2) is 4.85. The minimum Gasteiger partial charge on any atom is -0.490 e. The van der Waals surface area contributed by atoms with Gasteiger partial charge in [-0.2, -0.15) is 4.37 Å². The van der Waals surface area contributed by atoms with Crippen LogP contribution >= 0.6 is 11.5 Å². The van der Waals surface area contributed by atoms with Gasteiger partial charge in [0.25, 0.3) is 0 Å². The van der Waals surface area contributed by atoms with Gasteiger partial charge < -0.3 is 15.8 Å². The summed E-state index contributed by atoms with van der Waals surface area (Å²) in [5, 5.41) is 4.07. The number of nitrogen functional groups attached to an aromatic ring is 1. The van der Waals surface area contributed by atoms with Gasteiger partial charge in [-0.3, -0.25) is 0 Å². The molecular weight excluding hydrogens is 198 g/mol. The van der Waals surface area contributed by atoms with Crippen molar-refractivity contribution in [2.24, 2.45) is 0 Å². The number of nitrogens with two attached hydrogens (primary N) is 1.